The van der Waals surface area contributed by atoms with Gasteiger partial charge in [0.05, 0.1) is 5.69 Å². The lowest BCUT2D eigenvalue weighted by molar-refractivity contribution is 0.102. The smallest absolute Gasteiger partial charge is 0.277 e. The van der Waals surface area contributed by atoms with Crippen molar-refractivity contribution in [2.45, 2.75) is 32.1 Å². The molecule has 1 saturated heterocycles. The van der Waals surface area contributed by atoms with Crippen LogP contribution in [0.5, 0.6) is 0 Å². The largest absolute Gasteiger partial charge is 0.355 e. The molecule has 120 valence electrons. The van der Waals surface area contributed by atoms with Gasteiger partial charge in [0.15, 0.2) is 11.5 Å². The number of hydrogen-bond acceptors (Lipinski definition) is 5. The van der Waals surface area contributed by atoms with Crippen LogP contribution >= 0.6 is 0 Å². The van der Waals surface area contributed by atoms with Crippen LogP contribution in [-0.4, -0.2) is 39.0 Å². The predicted octanol–water partition coefficient (Wildman–Crippen LogP) is 1.55. The molecule has 0 unspecified atom stereocenters. The van der Waals surface area contributed by atoms with Crippen LogP contribution in [0.3, 0.4) is 0 Å². The highest BCUT2D eigenvalue weighted by atomic mass is 16.2. The van der Waals surface area contributed by atoms with Crippen LogP contribution in [0, 0.1) is 0 Å². The van der Waals surface area contributed by atoms with Gasteiger partial charge in [0, 0.05) is 25.7 Å². The Morgan fingerprint density at radius 1 is 1.13 bits per heavy atom. The molecule has 1 N–H and O–H groups in total. The molecule has 7 nitrogen and oxygen atoms in total. The summed E-state index contributed by atoms with van der Waals surface area (Å²) in [5, 5.41) is 15.7. The van der Waals surface area contributed by atoms with Crippen molar-refractivity contribution in [2.24, 2.45) is 7.05 Å². The summed E-state index contributed by atoms with van der Waals surface area (Å²) in [6, 6.07) is 3.62. The fourth-order valence-electron chi connectivity index (χ4n) is 3.41. The van der Waals surface area contributed by atoms with Gasteiger partial charge in [-0.05, 0) is 44.2 Å². The van der Waals surface area contributed by atoms with Gasteiger partial charge >= 0.3 is 0 Å². The normalized spacial score (nSPS) is 16.7. The van der Waals surface area contributed by atoms with E-state index in [1.165, 1.54) is 12.8 Å². The maximum Gasteiger partial charge on any atom is 0.277 e. The van der Waals surface area contributed by atoms with Crippen molar-refractivity contribution in [1.29, 1.82) is 0 Å². The molecule has 23 heavy (non-hydrogen) atoms. The van der Waals surface area contributed by atoms with Crippen molar-refractivity contribution < 1.29 is 4.79 Å². The number of nitrogens with one attached hydrogen (secondary N) is 1. The zero-order chi connectivity index (χ0) is 15.8. The second kappa shape index (κ2) is 5.64. The van der Waals surface area contributed by atoms with Gasteiger partial charge in [0.2, 0.25) is 0 Å². The topological polar surface area (TPSA) is 75.9 Å². The van der Waals surface area contributed by atoms with Crippen molar-refractivity contribution in [3.63, 3.8) is 0 Å². The molecule has 2 aromatic rings. The van der Waals surface area contributed by atoms with E-state index in [2.05, 4.69) is 25.5 Å². The molecule has 0 spiro atoms. The van der Waals surface area contributed by atoms with Crippen LogP contribution in [0.15, 0.2) is 12.1 Å². The second-order valence-electron chi connectivity index (χ2n) is 6.18. The van der Waals surface area contributed by atoms with Gasteiger partial charge in [0.1, 0.15) is 5.82 Å². The molecule has 0 atom stereocenters. The number of carbonyl (C=O) groups is 1. The second-order valence-corrected chi connectivity index (χ2v) is 6.18. The Labute approximate surface area is 134 Å². The average molecular weight is 312 g/mol. The van der Waals surface area contributed by atoms with E-state index in [9.17, 15) is 4.79 Å². The number of rotatable bonds is 3. The number of anilines is 2. The third-order valence-corrected chi connectivity index (χ3v) is 4.61. The first-order chi connectivity index (χ1) is 11.2. The lowest BCUT2D eigenvalue weighted by atomic mass is 10.2. The van der Waals surface area contributed by atoms with Crippen LogP contribution in [0.25, 0.3) is 0 Å². The number of hydrogen-bond donors (Lipinski definition) is 1. The molecule has 2 aliphatic rings. The molecule has 4 rings (SSSR count). The molecule has 0 saturated carbocycles. The third kappa shape index (κ3) is 2.56. The summed E-state index contributed by atoms with van der Waals surface area (Å²) in [6.45, 7) is 2.03. The highest BCUT2D eigenvalue weighted by molar-refractivity contribution is 6.02. The van der Waals surface area contributed by atoms with Crippen molar-refractivity contribution in [1.82, 2.24) is 20.0 Å². The third-order valence-electron chi connectivity index (χ3n) is 4.61. The zero-order valence-electron chi connectivity index (χ0n) is 13.2. The highest BCUT2D eigenvalue weighted by Crippen LogP contribution is 2.28. The minimum atomic E-state index is -0.233. The molecule has 1 amide bonds. The highest BCUT2D eigenvalue weighted by Gasteiger charge is 2.23. The van der Waals surface area contributed by atoms with Crippen LogP contribution in [-0.2, 0) is 19.9 Å². The van der Waals surface area contributed by atoms with Gasteiger partial charge in [-0.15, -0.1) is 10.2 Å². The number of fused-ring (bicyclic) bond motifs is 1. The Hall–Kier alpha value is -2.44. The fraction of sp³-hybridized carbons (Fsp3) is 0.500. The molecule has 3 heterocycles. The summed E-state index contributed by atoms with van der Waals surface area (Å²) < 4.78 is 1.74. The molecule has 0 bridgehead atoms. The molecular formula is C16H20N6O. The molecule has 1 aliphatic heterocycles. The summed E-state index contributed by atoms with van der Waals surface area (Å²) in [5.41, 5.74) is 2.58. The maximum atomic E-state index is 12.4. The number of nitrogens with zero attached hydrogens (tertiary/aromatic N) is 5. The van der Waals surface area contributed by atoms with E-state index in [1.54, 1.807) is 10.7 Å². The predicted molar refractivity (Wildman–Crippen MR) is 86.7 cm³/mol. The number of aromatic nitrogens is 4. The van der Waals surface area contributed by atoms with E-state index < -0.39 is 0 Å². The van der Waals surface area contributed by atoms with Crippen molar-refractivity contribution in [3.05, 3.63) is 29.1 Å². The Balaban J connectivity index is 1.51. The van der Waals surface area contributed by atoms with Crippen LogP contribution in [0.4, 0.5) is 11.6 Å². The Morgan fingerprint density at radius 2 is 1.96 bits per heavy atom. The van der Waals surface area contributed by atoms with Gasteiger partial charge < -0.3 is 10.2 Å². The fourth-order valence-corrected chi connectivity index (χ4v) is 3.41. The lowest BCUT2D eigenvalue weighted by Gasteiger charge is -2.15. The molecular weight excluding hydrogens is 292 g/mol. The Bertz CT molecular complexity index is 730. The number of aryl methyl sites for hydroxylation is 2. The van der Waals surface area contributed by atoms with E-state index >= 15 is 0 Å². The first-order valence-electron chi connectivity index (χ1n) is 8.17. The first-order valence-corrected chi connectivity index (χ1v) is 8.17. The van der Waals surface area contributed by atoms with E-state index in [1.807, 2.05) is 13.1 Å². The Kier molecular flexibility index (Phi) is 3.48. The van der Waals surface area contributed by atoms with E-state index in [4.69, 9.17) is 0 Å². The average Bonchev–Trinajstić information content (AvgIpc) is 3.28. The van der Waals surface area contributed by atoms with E-state index in [-0.39, 0.29) is 5.91 Å². The molecule has 0 aromatic carbocycles. The summed E-state index contributed by atoms with van der Waals surface area (Å²) in [5.74, 6) is 1.40. The van der Waals surface area contributed by atoms with Gasteiger partial charge in [0.25, 0.3) is 5.91 Å². The van der Waals surface area contributed by atoms with Crippen molar-refractivity contribution in [2.75, 3.05) is 23.3 Å². The summed E-state index contributed by atoms with van der Waals surface area (Å²) in [6.07, 6.45) is 5.44. The minimum Gasteiger partial charge on any atom is -0.355 e. The maximum absolute atomic E-state index is 12.4. The summed E-state index contributed by atoms with van der Waals surface area (Å²) in [4.78, 5) is 14.6. The zero-order valence-corrected chi connectivity index (χ0v) is 13.2. The molecule has 0 radical (unpaired) electrons. The van der Waals surface area contributed by atoms with Gasteiger partial charge in [-0.1, -0.05) is 0 Å². The number of carbonyl (C=O) groups excluding carboxylic acids is 1. The van der Waals surface area contributed by atoms with E-state index in [0.717, 1.165) is 55.2 Å². The molecule has 2 aromatic heterocycles. The van der Waals surface area contributed by atoms with Gasteiger partial charge in [-0.2, -0.15) is 5.10 Å². The standard InChI is InChI=1S/C16H20N6O/c1-21-15(11-5-4-6-12(11)20-21)17-16(23)13-7-8-14(19-18-13)22-9-2-3-10-22/h7-8H,2-6,9-10H2,1H3,(H,17,23). The monoisotopic (exact) mass is 312 g/mol. The molecule has 1 aliphatic carbocycles. The first kappa shape index (κ1) is 14.2. The Morgan fingerprint density at radius 3 is 2.70 bits per heavy atom. The quantitative estimate of drug-likeness (QED) is 0.930. The van der Waals surface area contributed by atoms with Crippen molar-refractivity contribution >= 4 is 17.5 Å². The summed E-state index contributed by atoms with van der Waals surface area (Å²) in [7, 11) is 1.86. The van der Waals surface area contributed by atoms with Gasteiger partial charge in [-0.3, -0.25) is 9.48 Å². The van der Waals surface area contributed by atoms with Crippen LogP contribution in [0.1, 0.15) is 41.0 Å². The molecule has 1 fully saturated rings. The van der Waals surface area contributed by atoms with E-state index in [0.29, 0.717) is 5.69 Å². The van der Waals surface area contributed by atoms with Crippen LogP contribution in [0.2, 0.25) is 0 Å². The molecule has 7 heteroatoms. The minimum absolute atomic E-state index is 0.233. The lowest BCUT2D eigenvalue weighted by Crippen LogP contribution is -2.21. The van der Waals surface area contributed by atoms with Crippen molar-refractivity contribution in [3.8, 4) is 0 Å². The number of amides is 1. The van der Waals surface area contributed by atoms with Gasteiger partial charge in [-0.25, -0.2) is 0 Å². The SMILES string of the molecule is Cn1nc2c(c1NC(=O)c1ccc(N3CCCC3)nn1)CCC2. The summed E-state index contributed by atoms with van der Waals surface area (Å²) >= 11 is 0. The van der Waals surface area contributed by atoms with Crippen LogP contribution < -0.4 is 10.2 Å².